The van der Waals surface area contributed by atoms with Gasteiger partial charge in [0.15, 0.2) is 0 Å². The number of halogens is 3. The number of aryl methyl sites for hydroxylation is 1. The summed E-state index contributed by atoms with van der Waals surface area (Å²) in [5.41, 5.74) is 2.10. The van der Waals surface area contributed by atoms with Crippen LogP contribution in [0.1, 0.15) is 44.2 Å². The summed E-state index contributed by atoms with van der Waals surface area (Å²) in [6.07, 6.45) is -1.47. The van der Waals surface area contributed by atoms with E-state index in [0.717, 1.165) is 36.8 Å². The molecule has 11 heteroatoms. The van der Waals surface area contributed by atoms with Crippen LogP contribution >= 0.6 is 0 Å². The largest absolute Gasteiger partial charge is 0.490 e. The normalized spacial score (nSPS) is 14.4. The maximum Gasteiger partial charge on any atom is 0.490 e. The Morgan fingerprint density at radius 3 is 1.94 bits per heavy atom. The SMILES string of the molecule is CCCc1ccc(S(=O)(=O)Nc2ccc(C3(C(=O)NCC)CC3)cc2)cc1.O=C(O)C(F)(F)F. The zero-order valence-electron chi connectivity index (χ0n) is 18.8. The summed E-state index contributed by atoms with van der Waals surface area (Å²) < 4.78 is 59.5. The Morgan fingerprint density at radius 1 is 1.00 bits per heavy atom. The zero-order valence-corrected chi connectivity index (χ0v) is 19.6. The number of nitrogens with one attached hydrogen (secondary N) is 2. The average molecular weight is 501 g/mol. The molecule has 0 heterocycles. The zero-order chi connectivity index (χ0) is 25.6. The van der Waals surface area contributed by atoms with Crippen molar-refractivity contribution < 1.29 is 36.3 Å². The minimum Gasteiger partial charge on any atom is -0.475 e. The topological polar surface area (TPSA) is 113 Å². The van der Waals surface area contributed by atoms with Gasteiger partial charge in [0, 0.05) is 12.2 Å². The van der Waals surface area contributed by atoms with Gasteiger partial charge >= 0.3 is 12.1 Å². The number of sulfonamides is 1. The van der Waals surface area contributed by atoms with E-state index in [1.807, 2.05) is 31.2 Å². The highest BCUT2D eigenvalue weighted by atomic mass is 32.2. The smallest absolute Gasteiger partial charge is 0.475 e. The van der Waals surface area contributed by atoms with Crippen LogP contribution in [0, 0.1) is 0 Å². The summed E-state index contributed by atoms with van der Waals surface area (Å²) >= 11 is 0. The van der Waals surface area contributed by atoms with Crippen LogP contribution in [0.15, 0.2) is 53.4 Å². The second-order valence-corrected chi connectivity index (χ2v) is 9.50. The molecule has 3 rings (SSSR count). The first-order valence-electron chi connectivity index (χ1n) is 10.7. The highest BCUT2D eigenvalue weighted by molar-refractivity contribution is 7.92. The molecule has 1 amide bonds. The minimum atomic E-state index is -5.08. The molecule has 1 fully saturated rings. The van der Waals surface area contributed by atoms with Crippen molar-refractivity contribution in [2.45, 2.75) is 56.0 Å². The molecule has 0 aromatic heterocycles. The van der Waals surface area contributed by atoms with Crippen LogP contribution in [0.2, 0.25) is 0 Å². The number of rotatable bonds is 8. The van der Waals surface area contributed by atoms with Gasteiger partial charge in [-0.2, -0.15) is 13.2 Å². The number of benzene rings is 2. The van der Waals surface area contributed by atoms with Crippen molar-refractivity contribution in [2.75, 3.05) is 11.3 Å². The molecule has 0 radical (unpaired) electrons. The lowest BCUT2D eigenvalue weighted by Crippen LogP contribution is -2.34. The van der Waals surface area contributed by atoms with E-state index in [0.29, 0.717) is 12.2 Å². The number of likely N-dealkylation sites (N-methyl/N-ethyl adjacent to an activating group) is 1. The Balaban J connectivity index is 0.000000509. The van der Waals surface area contributed by atoms with Crippen molar-refractivity contribution in [3.63, 3.8) is 0 Å². The van der Waals surface area contributed by atoms with E-state index in [2.05, 4.69) is 17.0 Å². The van der Waals surface area contributed by atoms with Crippen LogP contribution in [0.3, 0.4) is 0 Å². The van der Waals surface area contributed by atoms with Crippen molar-refractivity contribution in [1.82, 2.24) is 5.32 Å². The lowest BCUT2D eigenvalue weighted by atomic mass is 9.95. The van der Waals surface area contributed by atoms with Crippen molar-refractivity contribution in [2.24, 2.45) is 0 Å². The molecule has 186 valence electrons. The van der Waals surface area contributed by atoms with Gasteiger partial charge in [-0.05, 0) is 61.6 Å². The molecule has 0 unspecified atom stereocenters. The highest BCUT2D eigenvalue weighted by Gasteiger charge is 2.50. The summed E-state index contributed by atoms with van der Waals surface area (Å²) in [5.74, 6) is -2.71. The molecule has 0 aliphatic heterocycles. The number of carbonyl (C=O) groups excluding carboxylic acids is 1. The van der Waals surface area contributed by atoms with Crippen LogP contribution in [0.4, 0.5) is 18.9 Å². The molecule has 1 aliphatic rings. The highest BCUT2D eigenvalue weighted by Crippen LogP contribution is 2.48. The molecule has 2 aromatic rings. The van der Waals surface area contributed by atoms with E-state index in [9.17, 15) is 26.4 Å². The van der Waals surface area contributed by atoms with Gasteiger partial charge in [-0.25, -0.2) is 13.2 Å². The van der Waals surface area contributed by atoms with Crippen LogP contribution in [0.5, 0.6) is 0 Å². The summed E-state index contributed by atoms with van der Waals surface area (Å²) in [7, 11) is -3.63. The lowest BCUT2D eigenvalue weighted by Gasteiger charge is -2.16. The Kier molecular flexibility index (Phi) is 8.71. The number of carboxylic acid groups (broad SMARTS) is 1. The first kappa shape index (κ1) is 27.2. The van der Waals surface area contributed by atoms with Gasteiger partial charge in [-0.1, -0.05) is 37.6 Å². The number of amides is 1. The first-order chi connectivity index (χ1) is 15.9. The van der Waals surface area contributed by atoms with Gasteiger partial charge in [0.25, 0.3) is 10.0 Å². The third-order valence-electron chi connectivity index (χ3n) is 5.23. The van der Waals surface area contributed by atoms with E-state index in [-0.39, 0.29) is 10.8 Å². The summed E-state index contributed by atoms with van der Waals surface area (Å²) in [5, 5.41) is 10.0. The number of carboxylic acids is 1. The van der Waals surface area contributed by atoms with Crippen LogP contribution in [-0.2, 0) is 31.4 Å². The third-order valence-corrected chi connectivity index (χ3v) is 6.62. The third kappa shape index (κ3) is 6.96. The van der Waals surface area contributed by atoms with E-state index in [4.69, 9.17) is 9.90 Å². The molecule has 1 saturated carbocycles. The predicted molar refractivity (Wildman–Crippen MR) is 121 cm³/mol. The number of aliphatic carboxylic acids is 1. The van der Waals surface area contributed by atoms with E-state index in [1.165, 1.54) is 0 Å². The number of alkyl halides is 3. The Morgan fingerprint density at radius 2 is 1.53 bits per heavy atom. The molecule has 1 aliphatic carbocycles. The molecular formula is C23H27F3N2O5S. The van der Waals surface area contributed by atoms with Crippen molar-refractivity contribution in [1.29, 1.82) is 0 Å². The van der Waals surface area contributed by atoms with Gasteiger partial charge in [-0.15, -0.1) is 0 Å². The average Bonchev–Trinajstić information content (AvgIpc) is 3.57. The number of carbonyl (C=O) groups is 2. The summed E-state index contributed by atoms with van der Waals surface area (Å²) in [6.45, 7) is 4.60. The van der Waals surface area contributed by atoms with Gasteiger partial charge in [0.05, 0.1) is 10.3 Å². The molecule has 7 nitrogen and oxygen atoms in total. The molecule has 0 bridgehead atoms. The standard InChI is InChI=1S/C21H26N2O3S.C2HF3O2/c1-3-5-16-6-12-19(13-7-16)27(25,26)23-18-10-8-17(9-11-18)21(14-15-21)20(24)22-4-2;3-2(4,5)1(6)7/h6-13,23H,3-5,14-15H2,1-2H3,(H,22,24);(H,6,7). The summed E-state index contributed by atoms with van der Waals surface area (Å²) in [4.78, 5) is 21.4. The molecule has 3 N–H and O–H groups in total. The quantitative estimate of drug-likeness (QED) is 0.502. The molecule has 0 saturated heterocycles. The van der Waals surface area contributed by atoms with Crippen molar-refractivity contribution in [3.05, 3.63) is 59.7 Å². The fourth-order valence-corrected chi connectivity index (χ4v) is 4.36. The fourth-order valence-electron chi connectivity index (χ4n) is 3.30. The summed E-state index contributed by atoms with van der Waals surface area (Å²) in [6, 6.07) is 14.1. The first-order valence-corrected chi connectivity index (χ1v) is 12.1. The van der Waals surface area contributed by atoms with E-state index < -0.39 is 27.6 Å². The van der Waals surface area contributed by atoms with E-state index in [1.54, 1.807) is 24.3 Å². The monoisotopic (exact) mass is 500 g/mol. The molecule has 0 atom stereocenters. The lowest BCUT2D eigenvalue weighted by molar-refractivity contribution is -0.192. The van der Waals surface area contributed by atoms with Gasteiger partial charge in [0.1, 0.15) is 0 Å². The second-order valence-electron chi connectivity index (χ2n) is 7.82. The second kappa shape index (κ2) is 10.9. The minimum absolute atomic E-state index is 0.0468. The van der Waals surface area contributed by atoms with Crippen LogP contribution in [0.25, 0.3) is 0 Å². The number of anilines is 1. The Labute approximate surface area is 196 Å². The molecular weight excluding hydrogens is 473 g/mol. The number of hydrogen-bond acceptors (Lipinski definition) is 4. The number of hydrogen-bond donors (Lipinski definition) is 3. The fraction of sp³-hybridized carbons (Fsp3) is 0.391. The van der Waals surface area contributed by atoms with Gasteiger partial charge in [0.2, 0.25) is 5.91 Å². The van der Waals surface area contributed by atoms with E-state index >= 15 is 0 Å². The maximum atomic E-state index is 12.6. The predicted octanol–water partition coefficient (Wildman–Crippen LogP) is 4.24. The molecule has 0 spiro atoms. The molecule has 34 heavy (non-hydrogen) atoms. The Hall–Kier alpha value is -3.08. The molecule has 2 aromatic carbocycles. The van der Waals surface area contributed by atoms with Crippen molar-refractivity contribution >= 4 is 27.6 Å². The van der Waals surface area contributed by atoms with Crippen LogP contribution in [-0.4, -0.2) is 38.1 Å². The maximum absolute atomic E-state index is 12.6. The Bertz CT molecular complexity index is 1090. The van der Waals surface area contributed by atoms with Crippen molar-refractivity contribution in [3.8, 4) is 0 Å². The van der Waals surface area contributed by atoms with Gasteiger partial charge < -0.3 is 10.4 Å². The van der Waals surface area contributed by atoms with Gasteiger partial charge in [-0.3, -0.25) is 9.52 Å². The van der Waals surface area contributed by atoms with Crippen LogP contribution < -0.4 is 10.0 Å².